The molecule has 0 saturated heterocycles. The number of hydrogen-bond acceptors (Lipinski definition) is 5. The molecule has 1 aromatic heterocycles. The van der Waals surface area contributed by atoms with E-state index >= 15 is 0 Å². The van der Waals surface area contributed by atoms with Gasteiger partial charge in [-0.05, 0) is 19.4 Å². The summed E-state index contributed by atoms with van der Waals surface area (Å²) in [4.78, 5) is 0. The van der Waals surface area contributed by atoms with Gasteiger partial charge in [0.05, 0.1) is 12.3 Å². The van der Waals surface area contributed by atoms with Crippen molar-refractivity contribution in [3.8, 4) is 11.9 Å². The van der Waals surface area contributed by atoms with E-state index in [-0.39, 0.29) is 0 Å². The third-order valence-electron chi connectivity index (χ3n) is 2.27. The van der Waals surface area contributed by atoms with Gasteiger partial charge in [-0.15, -0.1) is 5.10 Å². The molecule has 0 N–H and O–H groups in total. The highest BCUT2D eigenvalue weighted by molar-refractivity contribution is 5.44. The van der Waals surface area contributed by atoms with Gasteiger partial charge in [-0.1, -0.05) is 0 Å². The zero-order chi connectivity index (χ0) is 12.0. The fraction of sp³-hybridized carbons (Fsp3) is 0.545. The Bertz CT molecular complexity index is 399. The highest BCUT2D eigenvalue weighted by Crippen LogP contribution is 2.19. The maximum absolute atomic E-state index is 9.00. The summed E-state index contributed by atoms with van der Waals surface area (Å²) in [6.07, 6.45) is 0.760. The lowest BCUT2D eigenvalue weighted by molar-refractivity contribution is 0.170. The molecule has 5 heteroatoms. The van der Waals surface area contributed by atoms with Gasteiger partial charge in [-0.2, -0.15) is 10.4 Å². The molecule has 1 heterocycles. The minimum atomic E-state index is 0.307. The lowest BCUT2D eigenvalue weighted by Gasteiger charge is -2.08. The van der Waals surface area contributed by atoms with Crippen molar-refractivity contribution in [1.82, 2.24) is 10.2 Å². The molecule has 0 aromatic carbocycles. The fourth-order valence-corrected chi connectivity index (χ4v) is 1.19. The van der Waals surface area contributed by atoms with Crippen molar-refractivity contribution >= 4 is 0 Å². The molecule has 0 unspecified atom stereocenters. The van der Waals surface area contributed by atoms with E-state index in [2.05, 4.69) is 16.3 Å². The molecule has 1 rings (SSSR count). The monoisotopic (exact) mass is 221 g/mol. The molecular weight excluding hydrogens is 206 g/mol. The SMILES string of the molecule is COCCCOc1nnc(C)c(C)c1C#N. The zero-order valence-corrected chi connectivity index (χ0v) is 9.78. The molecule has 0 spiro atoms. The topological polar surface area (TPSA) is 68.0 Å². The average Bonchev–Trinajstić information content (AvgIpc) is 2.29. The Labute approximate surface area is 95.0 Å². The Morgan fingerprint density at radius 3 is 2.62 bits per heavy atom. The minimum absolute atomic E-state index is 0.307. The molecule has 0 aliphatic rings. The van der Waals surface area contributed by atoms with Crippen molar-refractivity contribution in [1.29, 1.82) is 5.26 Å². The number of hydrogen-bond donors (Lipinski definition) is 0. The first-order chi connectivity index (χ1) is 7.70. The summed E-state index contributed by atoms with van der Waals surface area (Å²) in [6.45, 7) is 4.75. The van der Waals surface area contributed by atoms with Gasteiger partial charge in [-0.25, -0.2) is 0 Å². The van der Waals surface area contributed by atoms with Gasteiger partial charge in [0.2, 0.25) is 0 Å². The molecular formula is C11H15N3O2. The minimum Gasteiger partial charge on any atom is -0.476 e. The van der Waals surface area contributed by atoms with Crippen molar-refractivity contribution in [2.24, 2.45) is 0 Å². The first kappa shape index (κ1) is 12.4. The van der Waals surface area contributed by atoms with Crippen molar-refractivity contribution in [2.45, 2.75) is 20.3 Å². The summed E-state index contributed by atoms with van der Waals surface area (Å²) >= 11 is 0. The molecule has 5 nitrogen and oxygen atoms in total. The Morgan fingerprint density at radius 2 is 2.00 bits per heavy atom. The quantitative estimate of drug-likeness (QED) is 0.702. The molecule has 0 atom stereocenters. The maximum Gasteiger partial charge on any atom is 0.251 e. The molecule has 0 saturated carbocycles. The molecule has 0 radical (unpaired) electrons. The van der Waals surface area contributed by atoms with Crippen LogP contribution < -0.4 is 4.74 Å². The van der Waals surface area contributed by atoms with Crippen LogP contribution in [0.15, 0.2) is 0 Å². The number of methoxy groups -OCH3 is 1. The maximum atomic E-state index is 9.00. The third-order valence-corrected chi connectivity index (χ3v) is 2.27. The van der Waals surface area contributed by atoms with E-state index in [0.29, 0.717) is 24.7 Å². The summed E-state index contributed by atoms with van der Waals surface area (Å²) in [5, 5.41) is 16.8. The Kier molecular flexibility index (Phi) is 4.67. The van der Waals surface area contributed by atoms with Crippen LogP contribution in [0, 0.1) is 25.2 Å². The van der Waals surface area contributed by atoms with E-state index in [9.17, 15) is 0 Å². The summed E-state index contributed by atoms with van der Waals surface area (Å²) in [5.41, 5.74) is 2.03. The first-order valence-corrected chi connectivity index (χ1v) is 5.06. The summed E-state index contributed by atoms with van der Waals surface area (Å²) in [5.74, 6) is 0.307. The van der Waals surface area contributed by atoms with Crippen LogP contribution in [-0.2, 0) is 4.74 Å². The number of ether oxygens (including phenoxy) is 2. The van der Waals surface area contributed by atoms with Crippen LogP contribution >= 0.6 is 0 Å². The Balaban J connectivity index is 2.73. The molecule has 86 valence electrons. The van der Waals surface area contributed by atoms with Crippen molar-refractivity contribution in [3.63, 3.8) is 0 Å². The first-order valence-electron chi connectivity index (χ1n) is 5.06. The van der Waals surface area contributed by atoms with Crippen LogP contribution in [0.25, 0.3) is 0 Å². The predicted octanol–water partition coefficient (Wildman–Crippen LogP) is 1.38. The van der Waals surface area contributed by atoms with E-state index < -0.39 is 0 Å². The third kappa shape index (κ3) is 2.91. The van der Waals surface area contributed by atoms with Crippen molar-refractivity contribution in [3.05, 3.63) is 16.8 Å². The molecule has 1 aromatic rings. The highest BCUT2D eigenvalue weighted by atomic mass is 16.5. The van der Waals surface area contributed by atoms with Gasteiger partial charge >= 0.3 is 0 Å². The largest absolute Gasteiger partial charge is 0.476 e. The van der Waals surface area contributed by atoms with Crippen molar-refractivity contribution < 1.29 is 9.47 Å². The summed E-state index contributed by atoms with van der Waals surface area (Å²) in [7, 11) is 1.64. The van der Waals surface area contributed by atoms with Crippen molar-refractivity contribution in [2.75, 3.05) is 20.3 Å². The van der Waals surface area contributed by atoms with E-state index in [1.54, 1.807) is 7.11 Å². The highest BCUT2D eigenvalue weighted by Gasteiger charge is 2.11. The number of nitrogens with zero attached hydrogens (tertiary/aromatic N) is 3. The van der Waals surface area contributed by atoms with Gasteiger partial charge in [0.1, 0.15) is 11.6 Å². The second-order valence-electron chi connectivity index (χ2n) is 3.40. The normalized spacial score (nSPS) is 9.88. The van der Waals surface area contributed by atoms with Crippen LogP contribution in [-0.4, -0.2) is 30.5 Å². The van der Waals surface area contributed by atoms with Crippen LogP contribution in [0.2, 0.25) is 0 Å². The second kappa shape index (κ2) is 6.03. The standard InChI is InChI=1S/C11H15N3O2/c1-8-9(2)13-14-11(10(8)7-12)16-6-4-5-15-3/h4-6H2,1-3H3. The fourth-order valence-electron chi connectivity index (χ4n) is 1.19. The number of aromatic nitrogens is 2. The van der Waals surface area contributed by atoms with Gasteiger partial charge in [0.25, 0.3) is 5.88 Å². The van der Waals surface area contributed by atoms with E-state index in [4.69, 9.17) is 14.7 Å². The van der Waals surface area contributed by atoms with Crippen LogP contribution in [0.3, 0.4) is 0 Å². The average molecular weight is 221 g/mol. The summed E-state index contributed by atoms with van der Waals surface area (Å²) in [6, 6.07) is 2.09. The molecule has 0 aliphatic carbocycles. The molecule has 0 fully saturated rings. The van der Waals surface area contributed by atoms with E-state index in [0.717, 1.165) is 17.7 Å². The second-order valence-corrected chi connectivity index (χ2v) is 3.40. The van der Waals surface area contributed by atoms with E-state index in [1.807, 2.05) is 13.8 Å². The van der Waals surface area contributed by atoms with Crippen LogP contribution in [0.4, 0.5) is 0 Å². The molecule has 0 amide bonds. The van der Waals surface area contributed by atoms with Crippen LogP contribution in [0.5, 0.6) is 5.88 Å². The Morgan fingerprint density at radius 1 is 1.25 bits per heavy atom. The number of rotatable bonds is 5. The van der Waals surface area contributed by atoms with Gasteiger partial charge < -0.3 is 9.47 Å². The summed E-state index contributed by atoms with van der Waals surface area (Å²) < 4.78 is 10.3. The van der Waals surface area contributed by atoms with Crippen LogP contribution in [0.1, 0.15) is 23.2 Å². The Hall–Kier alpha value is -1.67. The predicted molar refractivity (Wildman–Crippen MR) is 58.2 cm³/mol. The smallest absolute Gasteiger partial charge is 0.251 e. The van der Waals surface area contributed by atoms with Gasteiger partial charge in [0.15, 0.2) is 0 Å². The molecule has 0 aliphatic heterocycles. The lowest BCUT2D eigenvalue weighted by Crippen LogP contribution is -2.07. The van der Waals surface area contributed by atoms with Gasteiger partial charge in [0, 0.05) is 20.1 Å². The van der Waals surface area contributed by atoms with E-state index in [1.165, 1.54) is 0 Å². The zero-order valence-electron chi connectivity index (χ0n) is 9.78. The van der Waals surface area contributed by atoms with Gasteiger partial charge in [-0.3, -0.25) is 0 Å². The number of aryl methyl sites for hydroxylation is 1. The number of nitriles is 1. The molecule has 0 bridgehead atoms. The lowest BCUT2D eigenvalue weighted by atomic mass is 10.1. The molecule has 16 heavy (non-hydrogen) atoms.